The summed E-state index contributed by atoms with van der Waals surface area (Å²) in [6.07, 6.45) is 1.79. The van der Waals surface area contributed by atoms with Crippen LogP contribution in [0.25, 0.3) is 0 Å². The fourth-order valence-electron chi connectivity index (χ4n) is 3.54. The largest absolute Gasteiger partial charge is 0.352 e. The average molecular weight is 423 g/mol. The molecular formula is C27H38N2O2. The van der Waals surface area contributed by atoms with Gasteiger partial charge in [0.2, 0.25) is 11.8 Å². The van der Waals surface area contributed by atoms with Crippen LogP contribution in [-0.4, -0.2) is 35.3 Å². The number of hydrogen-bond donors (Lipinski definition) is 1. The lowest BCUT2D eigenvalue weighted by atomic mass is 9.86. The first-order valence-corrected chi connectivity index (χ1v) is 11.3. The summed E-state index contributed by atoms with van der Waals surface area (Å²) in [6, 6.07) is 18.1. The monoisotopic (exact) mass is 422 g/mol. The zero-order valence-corrected chi connectivity index (χ0v) is 19.9. The van der Waals surface area contributed by atoms with Gasteiger partial charge in [0.15, 0.2) is 0 Å². The van der Waals surface area contributed by atoms with Crippen molar-refractivity contribution in [2.45, 2.75) is 78.3 Å². The van der Waals surface area contributed by atoms with Crippen molar-refractivity contribution >= 4 is 11.8 Å². The van der Waals surface area contributed by atoms with Crippen LogP contribution >= 0.6 is 0 Å². The molecule has 2 aromatic rings. The minimum atomic E-state index is -0.498. The first-order chi connectivity index (χ1) is 14.6. The Balaban J connectivity index is 2.06. The molecule has 1 N–H and O–H groups in total. The quantitative estimate of drug-likeness (QED) is 0.625. The first-order valence-electron chi connectivity index (χ1n) is 11.3. The molecule has 0 saturated heterocycles. The topological polar surface area (TPSA) is 49.4 Å². The number of amides is 2. The molecule has 2 rings (SSSR count). The van der Waals surface area contributed by atoms with Crippen LogP contribution in [0.4, 0.5) is 0 Å². The van der Waals surface area contributed by atoms with Gasteiger partial charge < -0.3 is 10.2 Å². The molecule has 4 heteroatoms. The number of carbonyl (C=O) groups is 2. The van der Waals surface area contributed by atoms with E-state index in [1.807, 2.05) is 39.0 Å². The minimum Gasteiger partial charge on any atom is -0.352 e. The molecule has 0 aromatic heterocycles. The summed E-state index contributed by atoms with van der Waals surface area (Å²) in [4.78, 5) is 27.5. The summed E-state index contributed by atoms with van der Waals surface area (Å²) >= 11 is 0. The average Bonchev–Trinajstić information content (AvgIpc) is 2.72. The number of carbonyl (C=O) groups excluding carboxylic acids is 2. The standard InChI is InChI=1S/C27H38N2O2/c1-20(2)28-26(31)21(3)29(19-18-22-10-8-7-9-11-22)25(30)17-14-23-12-15-24(16-13-23)27(4,5)6/h7-13,15-16,20-21H,14,17-19H2,1-6H3,(H,28,31)/t21-/m1/s1. The minimum absolute atomic E-state index is 0.0160. The van der Waals surface area contributed by atoms with Crippen LogP contribution in [0.3, 0.4) is 0 Å². The fourth-order valence-corrected chi connectivity index (χ4v) is 3.54. The second-order valence-corrected chi connectivity index (χ2v) is 9.61. The number of hydrogen-bond acceptors (Lipinski definition) is 2. The molecule has 2 aromatic carbocycles. The summed E-state index contributed by atoms with van der Waals surface area (Å²) in [6.45, 7) is 12.8. The normalized spacial score (nSPS) is 12.5. The number of rotatable bonds is 9. The lowest BCUT2D eigenvalue weighted by molar-refractivity contribution is -0.140. The summed E-state index contributed by atoms with van der Waals surface area (Å²) in [5, 5.41) is 2.94. The Morgan fingerprint density at radius 2 is 1.45 bits per heavy atom. The zero-order chi connectivity index (χ0) is 23.0. The second kappa shape index (κ2) is 11.1. The number of nitrogens with one attached hydrogen (secondary N) is 1. The van der Waals surface area contributed by atoms with E-state index in [-0.39, 0.29) is 23.3 Å². The van der Waals surface area contributed by atoms with E-state index in [0.29, 0.717) is 19.4 Å². The van der Waals surface area contributed by atoms with E-state index in [1.54, 1.807) is 4.90 Å². The van der Waals surface area contributed by atoms with E-state index >= 15 is 0 Å². The highest BCUT2D eigenvalue weighted by atomic mass is 16.2. The van der Waals surface area contributed by atoms with E-state index in [9.17, 15) is 9.59 Å². The van der Waals surface area contributed by atoms with Gasteiger partial charge in [-0.15, -0.1) is 0 Å². The van der Waals surface area contributed by atoms with Crippen LogP contribution < -0.4 is 5.32 Å². The Labute approximate surface area is 188 Å². The molecule has 0 aliphatic rings. The van der Waals surface area contributed by atoms with Crippen LogP contribution in [0.1, 0.15) is 64.7 Å². The Hall–Kier alpha value is -2.62. The number of benzene rings is 2. The predicted octanol–water partition coefficient (Wildman–Crippen LogP) is 4.90. The highest BCUT2D eigenvalue weighted by molar-refractivity contribution is 5.87. The van der Waals surface area contributed by atoms with Crippen molar-refractivity contribution in [1.29, 1.82) is 0 Å². The van der Waals surface area contributed by atoms with Crippen molar-refractivity contribution in [1.82, 2.24) is 10.2 Å². The highest BCUT2D eigenvalue weighted by Gasteiger charge is 2.26. The van der Waals surface area contributed by atoms with Crippen molar-refractivity contribution in [3.8, 4) is 0 Å². The molecule has 0 radical (unpaired) electrons. The van der Waals surface area contributed by atoms with Crippen LogP contribution in [0, 0.1) is 0 Å². The molecule has 31 heavy (non-hydrogen) atoms. The van der Waals surface area contributed by atoms with Crippen molar-refractivity contribution in [2.75, 3.05) is 6.54 Å². The smallest absolute Gasteiger partial charge is 0.242 e. The van der Waals surface area contributed by atoms with Crippen molar-refractivity contribution in [3.05, 3.63) is 71.3 Å². The first kappa shape index (κ1) is 24.6. The van der Waals surface area contributed by atoms with E-state index in [0.717, 1.165) is 17.5 Å². The molecule has 4 nitrogen and oxygen atoms in total. The van der Waals surface area contributed by atoms with Crippen LogP contribution in [-0.2, 0) is 27.8 Å². The summed E-state index contributed by atoms with van der Waals surface area (Å²) in [5.41, 5.74) is 3.70. The second-order valence-electron chi connectivity index (χ2n) is 9.61. The van der Waals surface area contributed by atoms with Crippen molar-refractivity contribution < 1.29 is 9.59 Å². The molecule has 0 aliphatic carbocycles. The lowest BCUT2D eigenvalue weighted by Crippen LogP contribution is -2.50. The van der Waals surface area contributed by atoms with E-state index < -0.39 is 6.04 Å². The highest BCUT2D eigenvalue weighted by Crippen LogP contribution is 2.22. The molecule has 0 fully saturated rings. The van der Waals surface area contributed by atoms with Gasteiger partial charge in [-0.2, -0.15) is 0 Å². The van der Waals surface area contributed by atoms with Crippen molar-refractivity contribution in [3.63, 3.8) is 0 Å². The van der Waals surface area contributed by atoms with Gasteiger partial charge in [-0.25, -0.2) is 0 Å². The van der Waals surface area contributed by atoms with Crippen molar-refractivity contribution in [2.24, 2.45) is 0 Å². The molecule has 0 heterocycles. The Kier molecular flexibility index (Phi) is 8.85. The van der Waals surface area contributed by atoms with Gasteiger partial charge in [0.25, 0.3) is 0 Å². The van der Waals surface area contributed by atoms with Gasteiger partial charge >= 0.3 is 0 Å². The van der Waals surface area contributed by atoms with Gasteiger partial charge in [-0.05, 0) is 55.7 Å². The van der Waals surface area contributed by atoms with Gasteiger partial charge in [0.1, 0.15) is 6.04 Å². The third-order valence-corrected chi connectivity index (χ3v) is 5.53. The fraction of sp³-hybridized carbons (Fsp3) is 0.481. The maximum absolute atomic E-state index is 13.1. The molecule has 0 unspecified atom stereocenters. The molecule has 0 aliphatic heterocycles. The van der Waals surface area contributed by atoms with Gasteiger partial charge in [0, 0.05) is 19.0 Å². The van der Waals surface area contributed by atoms with E-state index in [4.69, 9.17) is 0 Å². The van der Waals surface area contributed by atoms with Crippen LogP contribution in [0.2, 0.25) is 0 Å². The van der Waals surface area contributed by atoms with Gasteiger partial charge in [-0.3, -0.25) is 9.59 Å². The Bertz CT molecular complexity index is 836. The molecule has 168 valence electrons. The van der Waals surface area contributed by atoms with Gasteiger partial charge in [0.05, 0.1) is 0 Å². The zero-order valence-electron chi connectivity index (χ0n) is 19.9. The molecule has 0 bridgehead atoms. The van der Waals surface area contributed by atoms with E-state index in [2.05, 4.69) is 62.5 Å². The Morgan fingerprint density at radius 3 is 2.00 bits per heavy atom. The summed E-state index contributed by atoms with van der Waals surface area (Å²) < 4.78 is 0. The third kappa shape index (κ3) is 7.86. The number of aryl methyl sites for hydroxylation is 1. The Morgan fingerprint density at radius 1 is 0.871 bits per heavy atom. The maximum Gasteiger partial charge on any atom is 0.242 e. The lowest BCUT2D eigenvalue weighted by Gasteiger charge is -2.29. The molecule has 1 atom stereocenters. The number of nitrogens with zero attached hydrogens (tertiary/aromatic N) is 1. The summed E-state index contributed by atoms with van der Waals surface area (Å²) in [5.74, 6) is -0.0897. The SMILES string of the molecule is CC(C)NC(=O)[C@@H](C)N(CCc1ccccc1)C(=O)CCc1ccc(C(C)(C)C)cc1. The molecule has 0 saturated carbocycles. The molecular weight excluding hydrogens is 384 g/mol. The van der Waals surface area contributed by atoms with Crippen LogP contribution in [0.5, 0.6) is 0 Å². The third-order valence-electron chi connectivity index (χ3n) is 5.53. The predicted molar refractivity (Wildman–Crippen MR) is 128 cm³/mol. The maximum atomic E-state index is 13.1. The molecule has 0 spiro atoms. The van der Waals surface area contributed by atoms with Gasteiger partial charge in [-0.1, -0.05) is 75.4 Å². The molecule has 2 amide bonds. The van der Waals surface area contributed by atoms with Crippen LogP contribution in [0.15, 0.2) is 54.6 Å². The summed E-state index contributed by atoms with van der Waals surface area (Å²) in [7, 11) is 0. The van der Waals surface area contributed by atoms with E-state index in [1.165, 1.54) is 5.56 Å².